The number of thiophene rings is 1. The minimum Gasteiger partial charge on any atom is -0.481 e. The summed E-state index contributed by atoms with van der Waals surface area (Å²) >= 11 is 0.785. The largest absolute Gasteiger partial charge is 0.481 e. The number of aliphatic carboxylic acids is 1. The predicted octanol–water partition coefficient (Wildman–Crippen LogP) is 4.65. The summed E-state index contributed by atoms with van der Waals surface area (Å²) < 4.78 is 66.6. The van der Waals surface area contributed by atoms with Crippen LogP contribution in [0.3, 0.4) is 0 Å². The van der Waals surface area contributed by atoms with Gasteiger partial charge >= 0.3 is 5.97 Å². The Morgan fingerprint density at radius 3 is 2.69 bits per heavy atom. The summed E-state index contributed by atoms with van der Waals surface area (Å²) in [5.41, 5.74) is 1.38. The summed E-state index contributed by atoms with van der Waals surface area (Å²) in [4.78, 5) is 15.3. The number of hydrogen-bond acceptors (Lipinski definition) is 4. The number of fused-ring (bicyclic) bond motifs is 1. The number of carbonyl (C=O) groups is 1. The van der Waals surface area contributed by atoms with Gasteiger partial charge in [-0.1, -0.05) is 47.7 Å². The number of nitrogens with one attached hydrogen (secondary N) is 1. The molecule has 1 atom stereocenters. The summed E-state index contributed by atoms with van der Waals surface area (Å²) in [5, 5.41) is 10.5. The number of benzene rings is 2. The van der Waals surface area contributed by atoms with Crippen LogP contribution in [0.25, 0.3) is 10.9 Å². The second-order valence-electron chi connectivity index (χ2n) is 7.07. The fraction of sp³-hybridized carbons (Fsp3) is 0.160. The van der Waals surface area contributed by atoms with Crippen LogP contribution < -0.4 is 0 Å². The van der Waals surface area contributed by atoms with Crippen molar-refractivity contribution in [3.63, 3.8) is 0 Å². The first-order chi connectivity index (χ1) is 17.3. The molecule has 0 bridgehead atoms. The molecule has 0 radical (unpaired) electrons. The van der Waals surface area contributed by atoms with E-state index in [1.807, 2.05) is 6.07 Å². The molecule has 2 aromatic carbocycles. The molecule has 2 aromatic heterocycles. The second-order valence-corrected chi connectivity index (χ2v) is 10.4. The molecule has 2 N–H and O–H groups in total. The maximum absolute atomic E-state index is 13.1. The molecule has 0 aliphatic heterocycles. The quantitative estimate of drug-likeness (QED) is 0.403. The molecule has 4 aromatic rings. The molecule has 0 spiro atoms. The fourth-order valence-corrected chi connectivity index (χ4v) is 5.76. The second kappa shape index (κ2) is 9.03. The van der Waals surface area contributed by atoms with E-state index in [9.17, 15) is 18.3 Å². The molecule has 0 aliphatic carbocycles. The average molecular weight is 469 g/mol. The van der Waals surface area contributed by atoms with Gasteiger partial charge in [0.25, 0.3) is 0 Å². The molecular formula is C25H21NO4S2. The number of para-hydroxylation sites is 1. The van der Waals surface area contributed by atoms with Crippen LogP contribution in [0.1, 0.15) is 28.4 Å². The Balaban J connectivity index is 1.62. The van der Waals surface area contributed by atoms with Gasteiger partial charge in [0, 0.05) is 24.0 Å². The number of sulfone groups is 1. The van der Waals surface area contributed by atoms with Crippen molar-refractivity contribution in [3.8, 4) is 11.8 Å². The number of rotatable bonds is 6. The lowest BCUT2D eigenvalue weighted by molar-refractivity contribution is -0.140. The molecule has 7 heteroatoms. The molecule has 5 nitrogen and oxygen atoms in total. The van der Waals surface area contributed by atoms with Crippen molar-refractivity contribution in [1.29, 1.82) is 0 Å². The number of aromatic nitrogens is 1. The zero-order valence-corrected chi connectivity index (χ0v) is 18.6. The molecule has 0 saturated carbocycles. The highest BCUT2D eigenvalue weighted by atomic mass is 32.2. The predicted molar refractivity (Wildman–Crippen MR) is 127 cm³/mol. The van der Waals surface area contributed by atoms with Crippen LogP contribution in [0.15, 0.2) is 71.0 Å². The van der Waals surface area contributed by atoms with Crippen LogP contribution in [0.4, 0.5) is 0 Å². The van der Waals surface area contributed by atoms with Crippen molar-refractivity contribution in [3.05, 3.63) is 88.3 Å². The molecule has 0 unspecified atom stereocenters. The smallest absolute Gasteiger partial charge is 0.307 e. The van der Waals surface area contributed by atoms with Crippen molar-refractivity contribution in [1.82, 2.24) is 4.98 Å². The monoisotopic (exact) mass is 468 g/mol. The normalized spacial score (nSPS) is 15.5. The van der Waals surface area contributed by atoms with Crippen LogP contribution in [-0.4, -0.2) is 30.2 Å². The summed E-state index contributed by atoms with van der Waals surface area (Å²) in [6, 6.07) is 8.89. The van der Waals surface area contributed by atoms with Gasteiger partial charge in [0.1, 0.15) is 4.21 Å². The van der Waals surface area contributed by atoms with E-state index in [1.54, 1.807) is 24.4 Å². The van der Waals surface area contributed by atoms with E-state index >= 15 is 0 Å². The Bertz CT molecular complexity index is 1690. The van der Waals surface area contributed by atoms with Crippen LogP contribution in [0, 0.1) is 24.7 Å². The van der Waals surface area contributed by atoms with Crippen molar-refractivity contribution in [2.75, 3.05) is 5.75 Å². The average Bonchev–Trinajstić information content (AvgIpc) is 3.49. The first-order valence-electron chi connectivity index (χ1n) is 12.0. The van der Waals surface area contributed by atoms with E-state index in [0.29, 0.717) is 5.56 Å². The van der Waals surface area contributed by atoms with E-state index in [2.05, 4.69) is 16.8 Å². The Labute approximate surface area is 197 Å². The Kier molecular flexibility index (Phi) is 4.60. The van der Waals surface area contributed by atoms with Gasteiger partial charge in [0.05, 0.1) is 22.0 Å². The Hall–Kier alpha value is -3.34. The summed E-state index contributed by atoms with van der Waals surface area (Å²) in [5.74, 6) is 0.444. The van der Waals surface area contributed by atoms with Gasteiger partial charge in [-0.25, -0.2) is 8.42 Å². The standard InChI is InChI=1S/C25H21NO4S2/c1-17-6-8-18(9-7-17)10-11-21-12-13-24(31-21)32(29,30)16-20(25(27)28)14-19-15-26-23-5-3-2-4-22(19)23/h2-9,12-13,15,20,26H,14,16H2,1H3,(H,27,28)/t20-/m0/s1/i6D,7D,8D,9D,20D. The van der Waals surface area contributed by atoms with E-state index in [0.717, 1.165) is 22.2 Å². The molecule has 2 heterocycles. The van der Waals surface area contributed by atoms with E-state index in [4.69, 9.17) is 6.85 Å². The minimum absolute atomic E-state index is 0.104. The number of H-pyrrole nitrogens is 1. The van der Waals surface area contributed by atoms with Gasteiger partial charge in [0.15, 0.2) is 9.84 Å². The highest BCUT2D eigenvalue weighted by molar-refractivity contribution is 7.93. The third kappa shape index (κ3) is 4.93. The molecule has 32 heavy (non-hydrogen) atoms. The molecule has 162 valence electrons. The molecule has 0 fully saturated rings. The van der Waals surface area contributed by atoms with E-state index in [-0.39, 0.29) is 50.8 Å². The molecule has 0 amide bonds. The van der Waals surface area contributed by atoms with Crippen LogP contribution in [-0.2, 0) is 21.1 Å². The van der Waals surface area contributed by atoms with Gasteiger partial charge in [-0.3, -0.25) is 4.79 Å². The van der Waals surface area contributed by atoms with Crippen molar-refractivity contribution in [2.45, 2.75) is 17.6 Å². The number of carboxylic acids is 1. The van der Waals surface area contributed by atoms with Gasteiger partial charge in [-0.2, -0.15) is 0 Å². The fourth-order valence-electron chi connectivity index (χ4n) is 3.11. The molecule has 0 saturated heterocycles. The van der Waals surface area contributed by atoms with Crippen molar-refractivity contribution < 1.29 is 25.2 Å². The third-order valence-electron chi connectivity index (χ3n) is 4.69. The van der Waals surface area contributed by atoms with Gasteiger partial charge in [-0.05, 0) is 49.2 Å². The number of carboxylic acid groups (broad SMARTS) is 1. The summed E-state index contributed by atoms with van der Waals surface area (Å²) in [6.07, 6.45) is 1.26. The van der Waals surface area contributed by atoms with Crippen LogP contribution >= 0.6 is 11.3 Å². The Morgan fingerprint density at radius 2 is 1.94 bits per heavy atom. The highest BCUT2D eigenvalue weighted by Gasteiger charge is 2.28. The third-order valence-corrected chi connectivity index (χ3v) is 7.98. The minimum atomic E-state index is -4.18. The summed E-state index contributed by atoms with van der Waals surface area (Å²) in [7, 11) is -4.18. The molecule has 4 rings (SSSR count). The zero-order valence-electron chi connectivity index (χ0n) is 21.9. The lowest BCUT2D eigenvalue weighted by atomic mass is 10.0. The van der Waals surface area contributed by atoms with Gasteiger partial charge in [0.2, 0.25) is 0 Å². The lowest BCUT2D eigenvalue weighted by Gasteiger charge is -2.11. The number of hydrogen-bond donors (Lipinski definition) is 2. The van der Waals surface area contributed by atoms with Gasteiger partial charge in [-0.15, -0.1) is 11.3 Å². The SMILES string of the molecule is [2H]c1c([2H])c(C#Cc2ccc(S(=O)(=O)C[C@]([2H])(Cc3c[nH]c4ccccc34)C(=O)O)s2)c([2H])c([2H])c1C. The Morgan fingerprint density at radius 1 is 1.19 bits per heavy atom. The zero-order chi connectivity index (χ0) is 27.1. The first kappa shape index (κ1) is 16.3. The van der Waals surface area contributed by atoms with Crippen LogP contribution in [0.2, 0.25) is 0 Å². The topological polar surface area (TPSA) is 87.2 Å². The van der Waals surface area contributed by atoms with E-state index < -0.39 is 27.5 Å². The van der Waals surface area contributed by atoms with Crippen molar-refractivity contribution >= 4 is 38.0 Å². The van der Waals surface area contributed by atoms with Crippen LogP contribution in [0.5, 0.6) is 0 Å². The maximum Gasteiger partial charge on any atom is 0.307 e. The van der Waals surface area contributed by atoms with E-state index in [1.165, 1.54) is 19.1 Å². The van der Waals surface area contributed by atoms with Crippen molar-refractivity contribution in [2.24, 2.45) is 5.89 Å². The molecular weight excluding hydrogens is 442 g/mol. The summed E-state index contributed by atoms with van der Waals surface area (Å²) in [6.45, 7) is 1.48. The first-order valence-corrected chi connectivity index (χ1v) is 12.0. The van der Waals surface area contributed by atoms with Gasteiger partial charge < -0.3 is 10.1 Å². The highest BCUT2D eigenvalue weighted by Crippen LogP contribution is 2.26. The maximum atomic E-state index is 13.1. The lowest BCUT2D eigenvalue weighted by Crippen LogP contribution is -2.25. The molecule has 0 aliphatic rings. The number of aromatic amines is 1.